The third-order valence-corrected chi connectivity index (χ3v) is 5.63. The Morgan fingerprint density at radius 2 is 1.52 bits per heavy atom. The van der Waals surface area contributed by atoms with Gasteiger partial charge in [0.15, 0.2) is 0 Å². The van der Waals surface area contributed by atoms with Gasteiger partial charge in [0.25, 0.3) is 0 Å². The second-order valence-corrected chi connectivity index (χ2v) is 7.37. The van der Waals surface area contributed by atoms with Crippen molar-refractivity contribution in [3.63, 3.8) is 0 Å². The zero-order valence-corrected chi connectivity index (χ0v) is 17.0. The molecule has 0 radical (unpaired) electrons. The molecular weight excluding hydrogens is 370 g/mol. The lowest BCUT2D eigenvalue weighted by Gasteiger charge is -2.25. The Balaban J connectivity index is 2.02. The van der Waals surface area contributed by atoms with Crippen molar-refractivity contribution in [2.75, 3.05) is 18.0 Å². The number of alkyl halides is 1. The fourth-order valence-corrected chi connectivity index (χ4v) is 4.02. The van der Waals surface area contributed by atoms with Gasteiger partial charge in [-0.2, -0.15) is 0 Å². The van der Waals surface area contributed by atoms with E-state index in [1.165, 1.54) is 58.5 Å². The van der Waals surface area contributed by atoms with Crippen LogP contribution in [0.25, 0.3) is 21.5 Å². The van der Waals surface area contributed by atoms with Crippen LogP contribution in [-0.2, 0) is 5.33 Å². The number of unbranched alkanes of at least 4 members (excludes halogenated alkanes) is 2. The van der Waals surface area contributed by atoms with Crippen molar-refractivity contribution in [3.8, 4) is 0 Å². The molecule has 0 heterocycles. The summed E-state index contributed by atoms with van der Waals surface area (Å²) in [6.07, 6.45) is 5.01. The number of hydrogen-bond donors (Lipinski definition) is 0. The van der Waals surface area contributed by atoms with Gasteiger partial charge in [-0.25, -0.2) is 0 Å². The van der Waals surface area contributed by atoms with E-state index < -0.39 is 0 Å². The Kier molecular flexibility index (Phi) is 6.36. The lowest BCUT2D eigenvalue weighted by molar-refractivity contribution is 0.678. The Hall–Kier alpha value is -1.54. The molecule has 3 rings (SSSR count). The van der Waals surface area contributed by atoms with E-state index in [0.29, 0.717) is 0 Å². The van der Waals surface area contributed by atoms with Gasteiger partial charge in [-0.05, 0) is 52.1 Å². The average Bonchev–Trinajstić information content (AvgIpc) is 2.67. The van der Waals surface area contributed by atoms with E-state index in [4.69, 9.17) is 0 Å². The predicted molar refractivity (Wildman–Crippen MR) is 116 cm³/mol. The normalized spacial score (nSPS) is 11.3. The number of fused-ring (bicyclic) bond motifs is 3. The predicted octanol–water partition coefficient (Wildman–Crippen LogP) is 7.29. The Bertz CT molecular complexity index is 832. The molecule has 132 valence electrons. The molecular formula is C23H28BrN. The first kappa shape index (κ1) is 18.3. The summed E-state index contributed by atoms with van der Waals surface area (Å²) in [6, 6.07) is 18.2. The molecule has 0 bridgehead atoms. The van der Waals surface area contributed by atoms with Gasteiger partial charge in [-0.15, -0.1) is 0 Å². The van der Waals surface area contributed by atoms with Crippen LogP contribution in [-0.4, -0.2) is 13.1 Å². The average molecular weight is 398 g/mol. The lowest BCUT2D eigenvalue weighted by Crippen LogP contribution is -2.25. The first-order valence-electron chi connectivity index (χ1n) is 9.53. The number of nitrogens with zero attached hydrogens (tertiary/aromatic N) is 1. The van der Waals surface area contributed by atoms with E-state index in [1.54, 1.807) is 0 Å². The summed E-state index contributed by atoms with van der Waals surface area (Å²) in [5.74, 6) is 0. The fraction of sp³-hybridized carbons (Fsp3) is 0.391. The minimum absolute atomic E-state index is 0.899. The van der Waals surface area contributed by atoms with Crippen molar-refractivity contribution in [3.05, 3.63) is 54.1 Å². The zero-order valence-electron chi connectivity index (χ0n) is 15.4. The molecule has 0 aliphatic heterocycles. The molecule has 0 saturated carbocycles. The van der Waals surface area contributed by atoms with E-state index in [0.717, 1.165) is 18.4 Å². The van der Waals surface area contributed by atoms with E-state index >= 15 is 0 Å². The van der Waals surface area contributed by atoms with Crippen molar-refractivity contribution in [2.24, 2.45) is 0 Å². The van der Waals surface area contributed by atoms with Gasteiger partial charge in [-0.3, -0.25) is 0 Å². The quantitative estimate of drug-likeness (QED) is 0.284. The van der Waals surface area contributed by atoms with Gasteiger partial charge in [-0.1, -0.05) is 79.0 Å². The van der Waals surface area contributed by atoms with Crippen LogP contribution in [0.1, 0.15) is 45.1 Å². The molecule has 2 heteroatoms. The molecule has 0 amide bonds. The van der Waals surface area contributed by atoms with Gasteiger partial charge in [0.2, 0.25) is 0 Å². The molecule has 0 N–H and O–H groups in total. The minimum atomic E-state index is 0.899. The second-order valence-electron chi connectivity index (χ2n) is 6.81. The molecule has 0 spiro atoms. The number of benzene rings is 3. The summed E-state index contributed by atoms with van der Waals surface area (Å²) in [7, 11) is 0. The highest BCUT2D eigenvalue weighted by Gasteiger charge is 2.09. The van der Waals surface area contributed by atoms with Crippen LogP contribution in [0.3, 0.4) is 0 Å². The van der Waals surface area contributed by atoms with Gasteiger partial charge in [0.1, 0.15) is 0 Å². The fourth-order valence-electron chi connectivity index (χ4n) is 3.53. The SMILES string of the molecule is CCCCN(CCCC)c1ccc2c(ccc3c(CBr)cccc32)c1. The summed E-state index contributed by atoms with van der Waals surface area (Å²) < 4.78 is 0. The van der Waals surface area contributed by atoms with Gasteiger partial charge in [0, 0.05) is 24.1 Å². The molecule has 0 aliphatic rings. The van der Waals surface area contributed by atoms with Gasteiger partial charge in [0.05, 0.1) is 0 Å². The molecule has 25 heavy (non-hydrogen) atoms. The summed E-state index contributed by atoms with van der Waals surface area (Å²) in [5, 5.41) is 6.31. The minimum Gasteiger partial charge on any atom is -0.372 e. The first-order chi connectivity index (χ1) is 12.3. The van der Waals surface area contributed by atoms with Crippen molar-refractivity contribution in [1.82, 2.24) is 0 Å². The highest BCUT2D eigenvalue weighted by molar-refractivity contribution is 9.08. The molecule has 0 fully saturated rings. The molecule has 0 saturated heterocycles. The third kappa shape index (κ3) is 4.00. The Morgan fingerprint density at radius 3 is 2.20 bits per heavy atom. The van der Waals surface area contributed by atoms with Gasteiger partial charge >= 0.3 is 0 Å². The Morgan fingerprint density at radius 1 is 0.800 bits per heavy atom. The number of anilines is 1. The Labute approximate surface area is 160 Å². The standard InChI is InChI=1S/C23H28BrN/c1-3-5-14-25(15-6-4-2)20-11-13-21-18(16-20)10-12-22-19(17-24)8-7-9-23(21)22/h7-13,16H,3-6,14-15,17H2,1-2H3. The maximum atomic E-state index is 3.61. The van der Waals surface area contributed by atoms with Crippen LogP contribution in [0.15, 0.2) is 48.5 Å². The van der Waals surface area contributed by atoms with E-state index in [-0.39, 0.29) is 0 Å². The van der Waals surface area contributed by atoms with Crippen LogP contribution in [0.4, 0.5) is 5.69 Å². The van der Waals surface area contributed by atoms with Crippen LogP contribution < -0.4 is 4.90 Å². The summed E-state index contributed by atoms with van der Waals surface area (Å²) in [4.78, 5) is 2.56. The molecule has 0 aromatic heterocycles. The maximum Gasteiger partial charge on any atom is 0.0372 e. The van der Waals surface area contributed by atoms with E-state index in [9.17, 15) is 0 Å². The van der Waals surface area contributed by atoms with Crippen molar-refractivity contribution in [1.29, 1.82) is 0 Å². The van der Waals surface area contributed by atoms with Crippen LogP contribution in [0.2, 0.25) is 0 Å². The third-order valence-electron chi connectivity index (χ3n) is 5.02. The van der Waals surface area contributed by atoms with Crippen molar-refractivity contribution in [2.45, 2.75) is 44.9 Å². The molecule has 0 unspecified atom stereocenters. The molecule has 0 atom stereocenters. The highest BCUT2D eigenvalue weighted by atomic mass is 79.9. The maximum absolute atomic E-state index is 3.61. The lowest BCUT2D eigenvalue weighted by atomic mass is 9.98. The largest absolute Gasteiger partial charge is 0.372 e. The van der Waals surface area contributed by atoms with Gasteiger partial charge < -0.3 is 4.90 Å². The smallest absolute Gasteiger partial charge is 0.0372 e. The molecule has 3 aromatic rings. The molecule has 0 aliphatic carbocycles. The summed E-state index contributed by atoms with van der Waals surface area (Å²) in [5.41, 5.74) is 2.72. The number of rotatable bonds is 8. The van der Waals surface area contributed by atoms with Crippen molar-refractivity contribution >= 4 is 43.2 Å². The molecule has 1 nitrogen and oxygen atoms in total. The molecule has 3 aromatic carbocycles. The monoisotopic (exact) mass is 397 g/mol. The van der Waals surface area contributed by atoms with Crippen LogP contribution in [0.5, 0.6) is 0 Å². The summed E-state index contributed by atoms with van der Waals surface area (Å²) in [6.45, 7) is 6.85. The van der Waals surface area contributed by atoms with Crippen LogP contribution >= 0.6 is 15.9 Å². The number of halogens is 1. The summed E-state index contributed by atoms with van der Waals surface area (Å²) >= 11 is 3.61. The van der Waals surface area contributed by atoms with Crippen LogP contribution in [0, 0.1) is 0 Å². The highest BCUT2D eigenvalue weighted by Crippen LogP contribution is 2.31. The second kappa shape index (κ2) is 8.71. The van der Waals surface area contributed by atoms with Crippen molar-refractivity contribution < 1.29 is 0 Å². The topological polar surface area (TPSA) is 3.24 Å². The number of hydrogen-bond acceptors (Lipinski definition) is 1. The first-order valence-corrected chi connectivity index (χ1v) is 10.7. The van der Waals surface area contributed by atoms with E-state index in [1.807, 2.05) is 0 Å². The zero-order chi connectivity index (χ0) is 17.6. The van der Waals surface area contributed by atoms with E-state index in [2.05, 4.69) is 83.2 Å².